The van der Waals surface area contributed by atoms with E-state index in [2.05, 4.69) is 38.5 Å². The highest BCUT2D eigenvalue weighted by atomic mass is 16.5. The first-order chi connectivity index (χ1) is 35.5. The molecule has 2 aromatic rings. The van der Waals surface area contributed by atoms with Crippen molar-refractivity contribution < 1.29 is 65.0 Å². The number of ether oxygens (including phenoxy) is 1. The lowest BCUT2D eigenvalue weighted by molar-refractivity contribution is -0.146. The van der Waals surface area contributed by atoms with Crippen molar-refractivity contribution in [1.82, 2.24) is 36.8 Å². The molecule has 0 aliphatic carbocycles. The first-order valence-corrected chi connectivity index (χ1v) is 23.2. The van der Waals surface area contributed by atoms with Crippen molar-refractivity contribution in [3.8, 4) is 0 Å². The molecule has 3 rings (SSSR count). The minimum atomic E-state index is -2.03. The largest absolute Gasteiger partial charge is 0.480 e. The van der Waals surface area contributed by atoms with Crippen LogP contribution in [-0.2, 0) is 60.7 Å². The number of methoxy groups -OCH3 is 1. The van der Waals surface area contributed by atoms with Gasteiger partial charge in [-0.15, -0.1) is 0 Å². The van der Waals surface area contributed by atoms with Gasteiger partial charge in [0.1, 0.15) is 35.9 Å². The van der Waals surface area contributed by atoms with Crippen LogP contribution in [0.15, 0.2) is 96.6 Å². The van der Waals surface area contributed by atoms with Gasteiger partial charge in [0.05, 0.1) is 30.8 Å². The molecule has 1 saturated heterocycles. The molecule has 8 N–H and O–H groups in total. The van der Waals surface area contributed by atoms with Crippen LogP contribution in [0.1, 0.15) is 85.7 Å². The highest BCUT2D eigenvalue weighted by molar-refractivity contribution is 6.00. The van der Waals surface area contributed by atoms with Gasteiger partial charge >= 0.3 is 11.9 Å². The first kappa shape index (κ1) is 50.2. The Balaban J connectivity index is 2.25. The lowest BCUT2D eigenvalue weighted by atomic mass is 9.94. The molecule has 1 aliphatic rings. The lowest BCUT2D eigenvalue weighted by Gasteiger charge is -2.29. The molecule has 1 heterocycles. The van der Waals surface area contributed by atoms with Gasteiger partial charge in [-0.2, -0.15) is 0 Å². The first-order valence-electron chi connectivity index (χ1n) is 25.7. The summed E-state index contributed by atoms with van der Waals surface area (Å²) in [5, 5.41) is 35.2. The monoisotopic (exact) mass is 991 g/mol. The number of amides is 7. The fourth-order valence-electron chi connectivity index (χ4n) is 7.48. The fraction of sp³-hybridized carbons (Fsp3) is 0.481. The molecule has 2 aromatic carbocycles. The third-order valence-electron chi connectivity index (χ3n) is 12.0. The van der Waals surface area contributed by atoms with Gasteiger partial charge in [0, 0.05) is 32.9 Å². The Kier molecular flexibility index (Phi) is 19.7. The Morgan fingerprint density at radius 1 is 0.803 bits per heavy atom. The highest BCUT2D eigenvalue weighted by Crippen LogP contribution is 2.19. The van der Waals surface area contributed by atoms with Gasteiger partial charge in [0.25, 0.3) is 5.91 Å². The van der Waals surface area contributed by atoms with Crippen LogP contribution >= 0.6 is 0 Å². The van der Waals surface area contributed by atoms with Gasteiger partial charge in [-0.3, -0.25) is 33.6 Å². The number of carboxylic acid groups (broad SMARTS) is 2. The molecule has 1 aliphatic heterocycles. The minimum Gasteiger partial charge on any atom is -0.480 e. The quantitative estimate of drug-likeness (QED) is 0.106. The molecule has 1 fully saturated rings. The van der Waals surface area contributed by atoms with E-state index in [4.69, 9.17) is 11.6 Å². The van der Waals surface area contributed by atoms with Crippen LogP contribution in [0.3, 0.4) is 0 Å². The molecule has 19 heteroatoms. The number of rotatable bonds is 13. The van der Waals surface area contributed by atoms with Crippen LogP contribution in [0.5, 0.6) is 0 Å². The zero-order valence-corrected chi connectivity index (χ0v) is 41.6. The van der Waals surface area contributed by atoms with Crippen LogP contribution in [0.4, 0.5) is 0 Å². The lowest BCUT2D eigenvalue weighted by Crippen LogP contribution is -2.59. The Bertz CT molecular complexity index is 2550. The van der Waals surface area contributed by atoms with E-state index in [0.29, 0.717) is 12.0 Å². The molecule has 10 atom stereocenters. The maximum absolute atomic E-state index is 14.7. The molecular formula is C52H71N7O12. The Morgan fingerprint density at radius 3 is 2.00 bits per heavy atom. The molecule has 5 unspecified atom stereocenters. The summed E-state index contributed by atoms with van der Waals surface area (Å²) in [6.45, 7) is 14.4. The van der Waals surface area contributed by atoms with Gasteiger partial charge < -0.3 is 51.8 Å². The van der Waals surface area contributed by atoms with Gasteiger partial charge in [0.15, 0.2) is 0 Å². The van der Waals surface area contributed by atoms with Crippen molar-refractivity contribution in [2.75, 3.05) is 14.2 Å². The van der Waals surface area contributed by atoms with E-state index >= 15 is 0 Å². The molecule has 7 amide bonds. The normalized spacial score (nSPS) is 26.4. The standard InChI is InChI=1S/C52H71N7O12/c1-29(2)25-40-50(66)58-44(52(69)70)33(6)46(62)56-41(27-36-17-13-11-14-18-36)49(65)54-38(22-21-30(3)26-31(4)42(71-10)28-37-19-15-12-16-20-37)32(5)45(61)55-39(51(67)68)23-24-43(60)59(9)35(8)48(64)53-34(7)47(63)57-40/h11-22,26,29,31-34,38-42,44H,8,23-25,27-28H2,1-7,9-10H3,(H,53,64)(H,54,65)(H,55,61)(H,56,62)(H,57,63)(H,58,66)(H,67,68)(H,69,70)/b22-21+,30-26+/t31-,32?,33-,34+,38?,39?,40?,41?,42-,44+/m0/s1/i11D,13D,14D,17D,18D. The fourth-order valence-corrected chi connectivity index (χ4v) is 7.48. The zero-order chi connectivity index (χ0) is 57.5. The Hall–Kier alpha value is -7.15. The Labute approximate surface area is 422 Å². The average Bonchev–Trinajstić information content (AvgIpc) is 3.37. The van der Waals surface area contributed by atoms with Crippen molar-refractivity contribution in [1.29, 1.82) is 0 Å². The van der Waals surface area contributed by atoms with Crippen molar-refractivity contribution in [2.45, 2.75) is 123 Å². The molecule has 0 spiro atoms. The molecule has 0 radical (unpaired) electrons. The molecular weight excluding hydrogens is 915 g/mol. The van der Waals surface area contributed by atoms with Gasteiger partial charge in [0.2, 0.25) is 35.4 Å². The SMILES string of the molecule is [2H]c1c([2H])c([2H])c(CC2NC(=O)[C@@H](C)[C@H](C(=O)O)NC(=O)C(CC(C)C)NC(=O)[C@@H](C)NC(=O)C(=C)N(C)C(=O)CCC(C(=O)O)NC(=O)C(C)C(/C=C/C(C)=C/[C@H](C)[C@H](Cc3ccccc3)OC)NC2=O)c([2H])c1[2H]. The number of nitrogens with one attached hydrogen (secondary N) is 6. The summed E-state index contributed by atoms with van der Waals surface area (Å²) < 4.78 is 47.7. The van der Waals surface area contributed by atoms with Crippen LogP contribution in [0, 0.1) is 23.7 Å². The van der Waals surface area contributed by atoms with E-state index < -0.39 is 162 Å². The topological polar surface area (TPSA) is 279 Å². The van der Waals surface area contributed by atoms with E-state index in [1.807, 2.05) is 43.3 Å². The number of aliphatic carboxylic acids is 2. The summed E-state index contributed by atoms with van der Waals surface area (Å²) >= 11 is 0. The predicted octanol–water partition coefficient (Wildman–Crippen LogP) is 2.81. The van der Waals surface area contributed by atoms with E-state index in [0.717, 1.165) is 17.4 Å². The maximum atomic E-state index is 14.7. The summed E-state index contributed by atoms with van der Waals surface area (Å²) in [7, 11) is 2.76. The van der Waals surface area contributed by atoms with Gasteiger partial charge in [-0.1, -0.05) is 126 Å². The van der Waals surface area contributed by atoms with E-state index in [-0.39, 0.29) is 24.4 Å². The second-order valence-electron chi connectivity index (χ2n) is 18.1. The third-order valence-corrected chi connectivity index (χ3v) is 12.0. The molecule has 71 heavy (non-hydrogen) atoms. The molecule has 0 saturated carbocycles. The highest BCUT2D eigenvalue weighted by Gasteiger charge is 2.37. The Morgan fingerprint density at radius 2 is 1.41 bits per heavy atom. The molecule has 0 aromatic heterocycles. The van der Waals surface area contributed by atoms with Crippen molar-refractivity contribution in [2.24, 2.45) is 23.7 Å². The zero-order valence-electron chi connectivity index (χ0n) is 46.6. The van der Waals surface area contributed by atoms with Crippen molar-refractivity contribution >= 4 is 53.3 Å². The number of carbonyl (C=O) groups excluding carboxylic acids is 7. The van der Waals surface area contributed by atoms with Gasteiger partial charge in [-0.05, 0) is 50.2 Å². The number of benzene rings is 2. The van der Waals surface area contributed by atoms with Crippen molar-refractivity contribution in [3.05, 3.63) is 108 Å². The summed E-state index contributed by atoms with van der Waals surface area (Å²) in [6, 6.07) is -3.91. The van der Waals surface area contributed by atoms with E-state index in [9.17, 15) is 53.4 Å². The minimum absolute atomic E-state index is 0.0612. The number of likely N-dealkylation sites (N-methyl/N-ethyl adjacent to an activating group) is 1. The van der Waals surface area contributed by atoms with Crippen LogP contribution in [0.25, 0.3) is 0 Å². The number of carbonyl (C=O) groups is 9. The molecule has 386 valence electrons. The number of allylic oxidation sites excluding steroid dienone is 2. The number of hydrogen-bond acceptors (Lipinski definition) is 10. The predicted molar refractivity (Wildman–Crippen MR) is 265 cm³/mol. The second kappa shape index (κ2) is 27.9. The smallest absolute Gasteiger partial charge is 0.327 e. The van der Waals surface area contributed by atoms with Gasteiger partial charge in [-0.25, -0.2) is 9.59 Å². The molecule has 0 bridgehead atoms. The maximum Gasteiger partial charge on any atom is 0.327 e. The number of carboxylic acids is 2. The van der Waals surface area contributed by atoms with Crippen LogP contribution in [-0.4, -0.2) is 125 Å². The summed E-state index contributed by atoms with van der Waals surface area (Å²) in [5.41, 5.74) is 0.773. The van der Waals surface area contributed by atoms with E-state index in [1.54, 1.807) is 34.0 Å². The summed E-state index contributed by atoms with van der Waals surface area (Å²) in [5.74, 6) is -13.8. The third kappa shape index (κ3) is 18.3. The second-order valence-corrected chi connectivity index (χ2v) is 18.1. The number of hydrogen-bond donors (Lipinski definition) is 8. The average molecular weight is 991 g/mol. The molecule has 19 nitrogen and oxygen atoms in total. The van der Waals surface area contributed by atoms with E-state index in [1.165, 1.54) is 27.0 Å². The van der Waals surface area contributed by atoms with Crippen molar-refractivity contribution in [3.63, 3.8) is 0 Å². The summed E-state index contributed by atoms with van der Waals surface area (Å²) in [4.78, 5) is 123. The van der Waals surface area contributed by atoms with Crippen LogP contribution < -0.4 is 31.9 Å². The number of nitrogens with zero attached hydrogens (tertiary/aromatic N) is 1. The van der Waals surface area contributed by atoms with Crippen LogP contribution in [0.2, 0.25) is 0 Å². The summed E-state index contributed by atoms with van der Waals surface area (Å²) in [6.07, 6.45) is 3.27.